The minimum absolute atomic E-state index is 0.264. The first kappa shape index (κ1) is 15.4. The molecule has 0 fully saturated rings. The van der Waals surface area contributed by atoms with E-state index in [1.807, 2.05) is 51.2 Å². The molecule has 1 amide bonds. The Hall–Kier alpha value is -1.97. The Morgan fingerprint density at radius 2 is 2.00 bits per heavy atom. The van der Waals surface area contributed by atoms with E-state index in [9.17, 15) is 4.79 Å². The van der Waals surface area contributed by atoms with Gasteiger partial charge in [0, 0.05) is 24.2 Å². The van der Waals surface area contributed by atoms with Gasteiger partial charge >= 0.3 is 6.09 Å². The lowest BCUT2D eigenvalue weighted by Crippen LogP contribution is -2.36. The van der Waals surface area contributed by atoms with Gasteiger partial charge in [0.2, 0.25) is 0 Å². The number of carbonyl (C=O) groups is 1. The van der Waals surface area contributed by atoms with Crippen molar-refractivity contribution in [2.75, 3.05) is 13.7 Å². The predicted molar refractivity (Wildman–Crippen MR) is 82.4 cm³/mol. The van der Waals surface area contributed by atoms with Gasteiger partial charge in [-0.1, -0.05) is 24.3 Å². The summed E-state index contributed by atoms with van der Waals surface area (Å²) in [5, 5.41) is 0. The Balaban J connectivity index is 2.07. The van der Waals surface area contributed by atoms with Gasteiger partial charge in [-0.3, -0.25) is 4.90 Å². The molecule has 1 atom stereocenters. The largest absolute Gasteiger partial charge is 0.496 e. The van der Waals surface area contributed by atoms with Crippen LogP contribution in [-0.4, -0.2) is 30.2 Å². The van der Waals surface area contributed by atoms with Gasteiger partial charge in [-0.05, 0) is 33.3 Å². The molecule has 114 valence electrons. The van der Waals surface area contributed by atoms with Crippen LogP contribution in [0.5, 0.6) is 5.75 Å². The van der Waals surface area contributed by atoms with Crippen LogP contribution < -0.4 is 4.74 Å². The van der Waals surface area contributed by atoms with E-state index >= 15 is 0 Å². The summed E-state index contributed by atoms with van der Waals surface area (Å²) in [5.74, 6) is 1.15. The normalized spacial score (nSPS) is 18.5. The van der Waals surface area contributed by atoms with Gasteiger partial charge in [-0.25, -0.2) is 4.79 Å². The molecule has 4 heteroatoms. The molecule has 1 aromatic carbocycles. The van der Waals surface area contributed by atoms with Crippen LogP contribution in [0.2, 0.25) is 0 Å². The molecule has 2 rings (SSSR count). The summed E-state index contributed by atoms with van der Waals surface area (Å²) in [6.45, 7) is 6.26. The fourth-order valence-electron chi connectivity index (χ4n) is 2.36. The number of ether oxygens (including phenoxy) is 2. The van der Waals surface area contributed by atoms with Crippen molar-refractivity contribution < 1.29 is 14.3 Å². The number of allylic oxidation sites excluding steroid dienone is 1. The van der Waals surface area contributed by atoms with Crippen molar-refractivity contribution >= 4 is 6.09 Å². The fourth-order valence-corrected chi connectivity index (χ4v) is 2.36. The van der Waals surface area contributed by atoms with Crippen LogP contribution in [0, 0.1) is 0 Å². The maximum Gasteiger partial charge on any atom is 0.414 e. The number of amides is 1. The summed E-state index contributed by atoms with van der Waals surface area (Å²) in [4.78, 5) is 13.6. The van der Waals surface area contributed by atoms with Crippen LogP contribution in [-0.2, 0) is 4.74 Å². The number of benzene rings is 1. The Kier molecular flexibility index (Phi) is 4.56. The highest BCUT2D eigenvalue weighted by Crippen LogP contribution is 2.32. The molecule has 0 aromatic heterocycles. The van der Waals surface area contributed by atoms with Gasteiger partial charge in [0.15, 0.2) is 0 Å². The summed E-state index contributed by atoms with van der Waals surface area (Å²) >= 11 is 0. The number of para-hydroxylation sites is 1. The Morgan fingerprint density at radius 1 is 1.29 bits per heavy atom. The number of hydrogen-bond donors (Lipinski definition) is 0. The molecule has 1 aliphatic heterocycles. The summed E-state index contributed by atoms with van der Waals surface area (Å²) in [5.41, 5.74) is 0.685. The van der Waals surface area contributed by atoms with Crippen molar-refractivity contribution in [3.8, 4) is 5.75 Å². The molecule has 0 N–H and O–H groups in total. The number of carbonyl (C=O) groups excluding carboxylic acids is 1. The second-order valence-corrected chi connectivity index (χ2v) is 6.15. The molecule has 4 nitrogen and oxygen atoms in total. The minimum Gasteiger partial charge on any atom is -0.496 e. The zero-order valence-corrected chi connectivity index (χ0v) is 13.1. The first-order valence-corrected chi connectivity index (χ1v) is 7.21. The monoisotopic (exact) mass is 289 g/mol. The molecule has 1 aliphatic rings. The predicted octanol–water partition coefficient (Wildman–Crippen LogP) is 3.93. The molecular formula is C17H23NO3. The number of nitrogens with zero attached hydrogens (tertiary/aromatic N) is 1. The quantitative estimate of drug-likeness (QED) is 0.828. The number of rotatable bonds is 2. The standard InChI is InChI=1S/C17H23NO3/c1-17(2,3)21-16(19)18-11-9-13(10-12-18)14-7-5-6-8-15(14)20-4/h5-9,11,13H,10,12H2,1-4H3/t13-/m1/s1. The Bertz CT molecular complexity index is 531. The van der Waals surface area contributed by atoms with E-state index < -0.39 is 5.60 Å². The zero-order valence-electron chi connectivity index (χ0n) is 13.1. The molecule has 0 saturated heterocycles. The zero-order chi connectivity index (χ0) is 15.5. The van der Waals surface area contributed by atoms with Crippen molar-refractivity contribution in [1.82, 2.24) is 4.90 Å². The molecule has 0 aliphatic carbocycles. The van der Waals surface area contributed by atoms with Crippen molar-refractivity contribution in [2.24, 2.45) is 0 Å². The molecule has 0 unspecified atom stereocenters. The minimum atomic E-state index is -0.468. The molecule has 0 saturated carbocycles. The second-order valence-electron chi connectivity index (χ2n) is 6.15. The van der Waals surface area contributed by atoms with E-state index in [4.69, 9.17) is 9.47 Å². The summed E-state index contributed by atoms with van der Waals surface area (Å²) in [6, 6.07) is 7.99. The van der Waals surface area contributed by atoms with E-state index in [1.54, 1.807) is 12.0 Å². The summed E-state index contributed by atoms with van der Waals surface area (Å²) < 4.78 is 10.8. The lowest BCUT2D eigenvalue weighted by Gasteiger charge is -2.29. The van der Waals surface area contributed by atoms with Crippen LogP contribution >= 0.6 is 0 Å². The van der Waals surface area contributed by atoms with Crippen LogP contribution in [0.3, 0.4) is 0 Å². The lowest BCUT2D eigenvalue weighted by atomic mass is 9.93. The summed E-state index contributed by atoms with van der Waals surface area (Å²) in [7, 11) is 1.68. The highest BCUT2D eigenvalue weighted by molar-refractivity contribution is 5.69. The first-order chi connectivity index (χ1) is 9.90. The third-order valence-electron chi connectivity index (χ3n) is 3.35. The lowest BCUT2D eigenvalue weighted by molar-refractivity contribution is 0.0324. The molecule has 1 heterocycles. The topological polar surface area (TPSA) is 38.8 Å². The smallest absolute Gasteiger partial charge is 0.414 e. The van der Waals surface area contributed by atoms with Gasteiger partial charge in [0.25, 0.3) is 0 Å². The van der Waals surface area contributed by atoms with E-state index in [0.29, 0.717) is 6.54 Å². The van der Waals surface area contributed by atoms with E-state index in [0.717, 1.165) is 17.7 Å². The second kappa shape index (κ2) is 6.20. The van der Waals surface area contributed by atoms with E-state index in [2.05, 4.69) is 6.07 Å². The van der Waals surface area contributed by atoms with Crippen LogP contribution in [0.25, 0.3) is 0 Å². The third kappa shape index (κ3) is 4.00. The van der Waals surface area contributed by atoms with Gasteiger partial charge in [0.1, 0.15) is 11.4 Å². The van der Waals surface area contributed by atoms with Gasteiger partial charge in [0.05, 0.1) is 7.11 Å². The van der Waals surface area contributed by atoms with Crippen molar-refractivity contribution in [3.05, 3.63) is 42.1 Å². The molecule has 0 spiro atoms. The van der Waals surface area contributed by atoms with Gasteiger partial charge in [-0.2, -0.15) is 0 Å². The summed E-state index contributed by atoms with van der Waals surface area (Å²) in [6.07, 6.45) is 4.41. The van der Waals surface area contributed by atoms with Crippen molar-refractivity contribution in [1.29, 1.82) is 0 Å². The highest BCUT2D eigenvalue weighted by atomic mass is 16.6. The Labute approximate surface area is 126 Å². The fraction of sp³-hybridized carbons (Fsp3) is 0.471. The molecule has 21 heavy (non-hydrogen) atoms. The average molecular weight is 289 g/mol. The third-order valence-corrected chi connectivity index (χ3v) is 3.35. The van der Waals surface area contributed by atoms with Crippen molar-refractivity contribution in [3.63, 3.8) is 0 Å². The van der Waals surface area contributed by atoms with Crippen LogP contribution in [0.1, 0.15) is 38.7 Å². The Morgan fingerprint density at radius 3 is 2.57 bits per heavy atom. The van der Waals surface area contributed by atoms with E-state index in [1.165, 1.54) is 0 Å². The molecule has 0 bridgehead atoms. The maximum atomic E-state index is 12.0. The number of hydrogen-bond acceptors (Lipinski definition) is 3. The van der Waals surface area contributed by atoms with E-state index in [-0.39, 0.29) is 12.0 Å². The maximum absolute atomic E-state index is 12.0. The average Bonchev–Trinajstić information content (AvgIpc) is 2.45. The molecule has 0 radical (unpaired) electrons. The highest BCUT2D eigenvalue weighted by Gasteiger charge is 2.25. The van der Waals surface area contributed by atoms with Gasteiger partial charge in [-0.15, -0.1) is 0 Å². The van der Waals surface area contributed by atoms with Crippen LogP contribution in [0.4, 0.5) is 4.79 Å². The molecule has 1 aromatic rings. The number of methoxy groups -OCH3 is 1. The first-order valence-electron chi connectivity index (χ1n) is 7.21. The van der Waals surface area contributed by atoms with Crippen molar-refractivity contribution in [2.45, 2.75) is 38.7 Å². The van der Waals surface area contributed by atoms with Gasteiger partial charge < -0.3 is 9.47 Å². The van der Waals surface area contributed by atoms with Crippen LogP contribution in [0.15, 0.2) is 36.5 Å². The molecular weight excluding hydrogens is 266 g/mol. The SMILES string of the molecule is COc1ccccc1[C@@H]1C=CN(C(=O)OC(C)(C)C)CC1.